The Morgan fingerprint density at radius 1 is 1.08 bits per heavy atom. The molecule has 1 aliphatic heterocycles. The molecule has 0 spiro atoms. The lowest BCUT2D eigenvalue weighted by Gasteiger charge is -2.42. The Hall–Kier alpha value is -2.99. The fourth-order valence-corrected chi connectivity index (χ4v) is 8.90. The average Bonchev–Trinajstić information content (AvgIpc) is 3.30. The number of likely N-dealkylation sites (tertiary alicyclic amines) is 1. The number of halogens is 2. The minimum atomic E-state index is -4.10. The molecule has 3 aromatic rings. The van der Waals surface area contributed by atoms with Crippen molar-refractivity contribution < 1.29 is 30.8 Å². The van der Waals surface area contributed by atoms with E-state index in [1.807, 2.05) is 0 Å². The van der Waals surface area contributed by atoms with Crippen molar-refractivity contribution in [2.45, 2.75) is 41.6 Å². The fourth-order valence-electron chi connectivity index (χ4n) is 5.78. The van der Waals surface area contributed by atoms with Crippen molar-refractivity contribution in [1.82, 2.24) is 4.90 Å². The summed E-state index contributed by atoms with van der Waals surface area (Å²) in [6.07, 6.45) is 0.796. The number of fused-ring (bicyclic) bond motifs is 3. The van der Waals surface area contributed by atoms with Gasteiger partial charge >= 0.3 is 0 Å². The van der Waals surface area contributed by atoms with Gasteiger partial charge in [0.1, 0.15) is 28.7 Å². The Kier molecular flexibility index (Phi) is 7.21. The first-order valence-electron chi connectivity index (χ1n) is 12.2. The highest BCUT2D eigenvalue weighted by atomic mass is 35.5. The van der Waals surface area contributed by atoms with Gasteiger partial charge in [-0.25, -0.2) is 26.4 Å². The van der Waals surface area contributed by atoms with E-state index >= 15 is 0 Å². The number of sulfone groups is 1. The number of primary sulfonamides is 1. The molecule has 8 nitrogen and oxygen atoms in total. The van der Waals surface area contributed by atoms with Crippen molar-refractivity contribution in [3.8, 4) is 5.75 Å². The summed E-state index contributed by atoms with van der Waals surface area (Å²) in [4.78, 5) is 14.4. The summed E-state index contributed by atoms with van der Waals surface area (Å²) >= 11 is 6.11. The predicted octanol–water partition coefficient (Wildman–Crippen LogP) is 3.56. The molecule has 2 atom stereocenters. The summed E-state index contributed by atoms with van der Waals surface area (Å²) in [5, 5.41) is 5.36. The maximum absolute atomic E-state index is 14.3. The lowest BCUT2D eigenvalue weighted by molar-refractivity contribution is -0.129. The highest BCUT2D eigenvalue weighted by Gasteiger charge is 2.60. The molecule has 0 saturated carbocycles. The summed E-state index contributed by atoms with van der Waals surface area (Å²) in [5.41, 5.74) is 1.47. The Balaban J connectivity index is 1.56. The van der Waals surface area contributed by atoms with Gasteiger partial charge < -0.3 is 9.64 Å². The maximum atomic E-state index is 14.3. The Morgan fingerprint density at radius 3 is 2.51 bits per heavy atom. The molecule has 0 radical (unpaired) electrons. The van der Waals surface area contributed by atoms with E-state index in [0.717, 1.165) is 5.56 Å². The van der Waals surface area contributed by atoms with E-state index in [2.05, 4.69) is 0 Å². The molecule has 1 heterocycles. The van der Waals surface area contributed by atoms with Gasteiger partial charge in [0.2, 0.25) is 15.9 Å². The molecule has 3 aromatic carbocycles. The van der Waals surface area contributed by atoms with Crippen LogP contribution < -0.4 is 9.88 Å². The van der Waals surface area contributed by atoms with E-state index in [1.54, 1.807) is 42.5 Å². The molecule has 1 amide bonds. The van der Waals surface area contributed by atoms with Crippen LogP contribution in [0.3, 0.4) is 0 Å². The molecule has 1 fully saturated rings. The molecule has 2 aliphatic rings. The quantitative estimate of drug-likeness (QED) is 0.447. The van der Waals surface area contributed by atoms with Crippen LogP contribution in [-0.4, -0.2) is 46.0 Å². The van der Waals surface area contributed by atoms with Crippen LogP contribution in [0.5, 0.6) is 5.75 Å². The van der Waals surface area contributed by atoms with Gasteiger partial charge in [-0.15, -0.1) is 0 Å². The number of hydrogen-bond donors (Lipinski definition) is 1. The summed E-state index contributed by atoms with van der Waals surface area (Å²) in [5.74, 6) is -1.70. The number of nitrogens with zero attached hydrogens (tertiary/aromatic N) is 1. The van der Waals surface area contributed by atoms with Crippen LogP contribution in [0.1, 0.15) is 29.5 Å². The third kappa shape index (κ3) is 4.93. The second-order valence-electron chi connectivity index (χ2n) is 9.71. The third-order valence-electron chi connectivity index (χ3n) is 7.48. The standard InChI is InChI=1S/C27H26ClFN2O6S2/c28-23-7-4-8-24(29)21(23)16-37-19-10-11-22-18(15-19)9-12-25-27(22,39(35,36)20-5-2-1-3-6-20)13-14-31(25)26(32)17-38(30,33)34/h1-8,10-11,15,25H,9,12-14,16-17H2,(H2,30,33,34)/t25-,27-/m1/s1. The zero-order valence-corrected chi connectivity index (χ0v) is 23.1. The molecule has 2 N–H and O–H groups in total. The minimum absolute atomic E-state index is 0.0640. The number of ether oxygens (including phenoxy) is 1. The zero-order valence-electron chi connectivity index (χ0n) is 20.7. The molecule has 1 aliphatic carbocycles. The van der Waals surface area contributed by atoms with Crippen molar-refractivity contribution in [1.29, 1.82) is 0 Å². The van der Waals surface area contributed by atoms with Crippen LogP contribution in [0.4, 0.5) is 4.39 Å². The molecule has 0 bridgehead atoms. The first-order valence-corrected chi connectivity index (χ1v) is 15.8. The minimum Gasteiger partial charge on any atom is -0.489 e. The second kappa shape index (κ2) is 10.2. The van der Waals surface area contributed by atoms with Gasteiger partial charge in [0, 0.05) is 12.1 Å². The molecule has 39 heavy (non-hydrogen) atoms. The van der Waals surface area contributed by atoms with Crippen LogP contribution in [0.2, 0.25) is 5.02 Å². The molecule has 0 unspecified atom stereocenters. The Bertz CT molecular complexity index is 1630. The Morgan fingerprint density at radius 2 is 1.82 bits per heavy atom. The van der Waals surface area contributed by atoms with Gasteiger partial charge in [-0.2, -0.15) is 0 Å². The maximum Gasteiger partial charge on any atom is 0.239 e. The number of carbonyl (C=O) groups excluding carboxylic acids is 1. The first-order chi connectivity index (χ1) is 18.4. The van der Waals surface area contributed by atoms with Crippen molar-refractivity contribution in [3.63, 3.8) is 0 Å². The summed E-state index contributed by atoms with van der Waals surface area (Å²) in [7, 11) is -8.15. The number of amides is 1. The summed E-state index contributed by atoms with van der Waals surface area (Å²) in [6.45, 7) is -0.0508. The van der Waals surface area contributed by atoms with E-state index in [9.17, 15) is 26.0 Å². The number of carbonyl (C=O) groups is 1. The first kappa shape index (κ1) is 27.6. The Labute approximate surface area is 231 Å². The van der Waals surface area contributed by atoms with Crippen LogP contribution >= 0.6 is 11.6 Å². The summed E-state index contributed by atoms with van der Waals surface area (Å²) in [6, 6.07) is 16.6. The van der Waals surface area contributed by atoms with Crippen LogP contribution in [0, 0.1) is 5.82 Å². The van der Waals surface area contributed by atoms with Crippen LogP contribution in [0.25, 0.3) is 0 Å². The fraction of sp³-hybridized carbons (Fsp3) is 0.296. The van der Waals surface area contributed by atoms with Gasteiger partial charge in [-0.3, -0.25) is 4.79 Å². The number of benzene rings is 3. The molecular weight excluding hydrogens is 567 g/mol. The van der Waals surface area contributed by atoms with Crippen LogP contribution in [-0.2, 0) is 42.4 Å². The lowest BCUT2D eigenvalue weighted by Crippen LogP contribution is -2.53. The average molecular weight is 593 g/mol. The molecular formula is C27H26ClFN2O6S2. The highest BCUT2D eigenvalue weighted by molar-refractivity contribution is 7.92. The van der Waals surface area contributed by atoms with Gasteiger partial charge in [-0.1, -0.05) is 41.9 Å². The van der Waals surface area contributed by atoms with Crippen molar-refractivity contribution in [3.05, 3.63) is 94.3 Å². The molecule has 1 saturated heterocycles. The van der Waals surface area contributed by atoms with Crippen LogP contribution in [0.15, 0.2) is 71.6 Å². The lowest BCUT2D eigenvalue weighted by atomic mass is 9.78. The monoisotopic (exact) mass is 592 g/mol. The smallest absolute Gasteiger partial charge is 0.239 e. The largest absolute Gasteiger partial charge is 0.489 e. The van der Waals surface area contributed by atoms with E-state index in [4.69, 9.17) is 21.5 Å². The SMILES string of the molecule is NS(=O)(=O)CC(=O)N1CC[C@@]2(S(=O)(=O)c3ccccc3)c3ccc(OCc4c(F)cccc4Cl)cc3CC[C@@H]12. The zero-order chi connectivity index (χ0) is 28.0. The van der Waals surface area contributed by atoms with E-state index in [0.29, 0.717) is 17.7 Å². The van der Waals surface area contributed by atoms with E-state index in [1.165, 1.54) is 29.2 Å². The van der Waals surface area contributed by atoms with Crippen molar-refractivity contribution in [2.75, 3.05) is 12.3 Å². The van der Waals surface area contributed by atoms with Gasteiger partial charge in [0.15, 0.2) is 9.84 Å². The number of nitrogens with two attached hydrogens (primary N) is 1. The number of hydrogen-bond acceptors (Lipinski definition) is 6. The summed E-state index contributed by atoms with van der Waals surface area (Å²) < 4.78 is 70.5. The molecule has 206 valence electrons. The second-order valence-corrected chi connectivity index (χ2v) is 13.9. The predicted molar refractivity (Wildman–Crippen MR) is 144 cm³/mol. The van der Waals surface area contributed by atoms with Crippen molar-refractivity contribution in [2.24, 2.45) is 5.14 Å². The van der Waals surface area contributed by atoms with Gasteiger partial charge in [-0.05, 0) is 66.8 Å². The molecule has 12 heteroatoms. The normalized spacial score (nSPS) is 20.8. The van der Waals surface area contributed by atoms with Gasteiger partial charge in [0.05, 0.1) is 16.0 Å². The number of sulfonamides is 1. The van der Waals surface area contributed by atoms with Crippen molar-refractivity contribution >= 4 is 37.4 Å². The van der Waals surface area contributed by atoms with E-state index in [-0.39, 0.29) is 41.5 Å². The third-order valence-corrected chi connectivity index (χ3v) is 11.0. The number of aryl methyl sites for hydroxylation is 1. The topological polar surface area (TPSA) is 124 Å². The number of rotatable bonds is 7. The van der Waals surface area contributed by atoms with E-state index < -0.39 is 48.1 Å². The van der Waals surface area contributed by atoms with Gasteiger partial charge in [0.25, 0.3) is 0 Å². The highest BCUT2D eigenvalue weighted by Crippen LogP contribution is 2.53. The molecule has 5 rings (SSSR count). The molecule has 0 aromatic heterocycles.